The predicted molar refractivity (Wildman–Crippen MR) is 137 cm³/mol. The first-order chi connectivity index (χ1) is 16.8. The quantitative estimate of drug-likeness (QED) is 0.199. The summed E-state index contributed by atoms with van der Waals surface area (Å²) in [6.45, 7) is 6.55. The first-order valence-corrected chi connectivity index (χ1v) is 12.2. The van der Waals surface area contributed by atoms with E-state index in [2.05, 4.69) is 15.6 Å². The highest BCUT2D eigenvalue weighted by atomic mass is 16.3. The minimum atomic E-state index is -0.541. The fourth-order valence-corrected chi connectivity index (χ4v) is 4.47. The molecule has 0 aromatic heterocycles. The van der Waals surface area contributed by atoms with E-state index in [4.69, 9.17) is 5.84 Å². The fraction of sp³-hybridized carbons (Fsp3) is 0.462. The van der Waals surface area contributed by atoms with E-state index in [-0.39, 0.29) is 5.91 Å². The van der Waals surface area contributed by atoms with Gasteiger partial charge in [0.1, 0.15) is 0 Å². The summed E-state index contributed by atoms with van der Waals surface area (Å²) < 4.78 is 0. The zero-order chi connectivity index (χ0) is 25.4. The summed E-state index contributed by atoms with van der Waals surface area (Å²) in [5.41, 5.74) is 5.11. The molecule has 2 aromatic rings. The number of piperidine rings is 1. The highest BCUT2D eigenvalue weighted by molar-refractivity contribution is 6.09. The summed E-state index contributed by atoms with van der Waals surface area (Å²) in [6.07, 6.45) is 2.34. The summed E-state index contributed by atoms with van der Waals surface area (Å²) in [5.74, 6) is 4.59. The highest BCUT2D eigenvalue weighted by Gasteiger charge is 2.19. The lowest BCUT2D eigenvalue weighted by Gasteiger charge is -2.29. The van der Waals surface area contributed by atoms with Gasteiger partial charge in [0.05, 0.1) is 23.5 Å². The second-order valence-corrected chi connectivity index (χ2v) is 9.30. The van der Waals surface area contributed by atoms with Crippen molar-refractivity contribution in [3.05, 3.63) is 59.2 Å². The van der Waals surface area contributed by atoms with Crippen LogP contribution in [0.2, 0.25) is 0 Å². The molecular formula is C26H37N5O4. The number of amides is 2. The van der Waals surface area contributed by atoms with Crippen LogP contribution in [0.3, 0.4) is 0 Å². The minimum absolute atomic E-state index is 0.306. The number of carbonyl (C=O) groups excluding carboxylic acids is 2. The number of aliphatic hydroxyl groups excluding tert-OH is 2. The van der Waals surface area contributed by atoms with Crippen LogP contribution < -0.4 is 21.5 Å². The Kier molecular flexibility index (Phi) is 9.62. The van der Waals surface area contributed by atoms with Crippen molar-refractivity contribution >= 4 is 23.2 Å². The summed E-state index contributed by atoms with van der Waals surface area (Å²) in [5, 5.41) is 22.4. The van der Waals surface area contributed by atoms with Crippen LogP contribution in [-0.2, 0) is 6.54 Å². The maximum Gasteiger partial charge on any atom is 0.267 e. The van der Waals surface area contributed by atoms with Crippen LogP contribution in [-0.4, -0.2) is 65.3 Å². The number of nitrogens with two attached hydrogens (primary N) is 1. The van der Waals surface area contributed by atoms with Crippen molar-refractivity contribution in [2.45, 2.75) is 51.9 Å². The largest absolute Gasteiger partial charge is 0.392 e. The fourth-order valence-electron chi connectivity index (χ4n) is 4.47. The lowest BCUT2D eigenvalue weighted by Crippen LogP contribution is -2.35. The molecule has 2 unspecified atom stereocenters. The third-order valence-corrected chi connectivity index (χ3v) is 5.99. The van der Waals surface area contributed by atoms with Gasteiger partial charge in [0.2, 0.25) is 0 Å². The van der Waals surface area contributed by atoms with Gasteiger partial charge in [0.25, 0.3) is 11.8 Å². The number of nitrogens with one attached hydrogen (secondary N) is 2. The monoisotopic (exact) mass is 483 g/mol. The summed E-state index contributed by atoms with van der Waals surface area (Å²) in [6, 6.07) is 12.6. The molecule has 0 saturated carbocycles. The second kappa shape index (κ2) is 12.6. The topological polar surface area (TPSA) is 131 Å². The molecule has 2 aromatic carbocycles. The maximum absolute atomic E-state index is 13.1. The van der Waals surface area contributed by atoms with Gasteiger partial charge in [-0.1, -0.05) is 12.1 Å². The normalized spacial score (nSPS) is 15.5. The van der Waals surface area contributed by atoms with Crippen LogP contribution in [0.4, 0.5) is 11.4 Å². The molecule has 1 aliphatic heterocycles. The molecule has 1 aliphatic rings. The molecular weight excluding hydrogens is 446 g/mol. The molecule has 6 N–H and O–H groups in total. The van der Waals surface area contributed by atoms with Crippen molar-refractivity contribution < 1.29 is 19.8 Å². The Balaban J connectivity index is 1.78. The van der Waals surface area contributed by atoms with Crippen molar-refractivity contribution in [1.29, 1.82) is 0 Å². The Labute approximate surface area is 206 Å². The summed E-state index contributed by atoms with van der Waals surface area (Å²) in [7, 11) is 0. The van der Waals surface area contributed by atoms with E-state index in [1.807, 2.05) is 17.0 Å². The van der Waals surface area contributed by atoms with Gasteiger partial charge < -0.3 is 20.4 Å². The first-order valence-electron chi connectivity index (χ1n) is 12.2. The minimum Gasteiger partial charge on any atom is -0.392 e. The van der Waals surface area contributed by atoms with Crippen LogP contribution >= 0.6 is 0 Å². The Morgan fingerprint density at radius 3 is 2.31 bits per heavy atom. The van der Waals surface area contributed by atoms with E-state index < -0.39 is 18.1 Å². The van der Waals surface area contributed by atoms with Crippen molar-refractivity contribution in [2.75, 3.05) is 36.4 Å². The number of benzene rings is 2. The molecule has 1 heterocycles. The van der Waals surface area contributed by atoms with Crippen LogP contribution in [0, 0.1) is 0 Å². The number of carbonyl (C=O) groups is 2. The van der Waals surface area contributed by atoms with E-state index in [1.54, 1.807) is 44.2 Å². The maximum atomic E-state index is 13.1. The Hall–Kier alpha value is -2.98. The van der Waals surface area contributed by atoms with E-state index in [9.17, 15) is 19.8 Å². The molecule has 0 aliphatic carbocycles. The molecule has 9 nitrogen and oxygen atoms in total. The second-order valence-electron chi connectivity index (χ2n) is 9.30. The summed E-state index contributed by atoms with van der Waals surface area (Å²) >= 11 is 0. The molecule has 2 atom stereocenters. The third kappa shape index (κ3) is 7.76. The average molecular weight is 484 g/mol. The molecule has 1 saturated heterocycles. The smallest absolute Gasteiger partial charge is 0.267 e. The van der Waals surface area contributed by atoms with E-state index in [1.165, 1.54) is 6.42 Å². The molecule has 2 amide bonds. The molecule has 9 heteroatoms. The predicted octanol–water partition coefficient (Wildman–Crippen LogP) is 2.10. The molecule has 190 valence electrons. The van der Waals surface area contributed by atoms with Gasteiger partial charge in [-0.15, -0.1) is 0 Å². The SMILES string of the molecule is CC(O)CN(Cc1cccc(C(=O)Nc2ccc(N3CCCCC3)cc2C(=O)NN)c1)CC(C)O. The van der Waals surface area contributed by atoms with E-state index in [0.29, 0.717) is 36.4 Å². The van der Waals surface area contributed by atoms with Crippen molar-refractivity contribution in [3.63, 3.8) is 0 Å². The molecule has 0 radical (unpaired) electrons. The first kappa shape index (κ1) is 26.6. The van der Waals surface area contributed by atoms with Crippen LogP contribution in [0.15, 0.2) is 42.5 Å². The third-order valence-electron chi connectivity index (χ3n) is 5.99. The zero-order valence-corrected chi connectivity index (χ0v) is 20.5. The van der Waals surface area contributed by atoms with Gasteiger partial charge in [-0.25, -0.2) is 5.84 Å². The van der Waals surface area contributed by atoms with Gasteiger partial charge in [-0.3, -0.25) is 19.9 Å². The lowest BCUT2D eigenvalue weighted by molar-refractivity contribution is 0.0793. The highest BCUT2D eigenvalue weighted by Crippen LogP contribution is 2.26. The van der Waals surface area contributed by atoms with Crippen LogP contribution in [0.1, 0.15) is 59.4 Å². The van der Waals surface area contributed by atoms with Crippen molar-refractivity contribution in [1.82, 2.24) is 10.3 Å². The number of hydrazine groups is 1. The van der Waals surface area contributed by atoms with Gasteiger partial charge in [-0.05, 0) is 69.0 Å². The molecule has 1 fully saturated rings. The van der Waals surface area contributed by atoms with Gasteiger partial charge in [0, 0.05) is 44.0 Å². The van der Waals surface area contributed by atoms with Crippen LogP contribution in [0.25, 0.3) is 0 Å². The number of hydrogen-bond donors (Lipinski definition) is 5. The van der Waals surface area contributed by atoms with Crippen molar-refractivity contribution in [2.24, 2.45) is 5.84 Å². The number of rotatable bonds is 10. The number of anilines is 2. The number of nitrogens with zero attached hydrogens (tertiary/aromatic N) is 2. The Morgan fingerprint density at radius 2 is 1.69 bits per heavy atom. The average Bonchev–Trinajstić information content (AvgIpc) is 2.83. The molecule has 0 bridgehead atoms. The Bertz CT molecular complexity index is 995. The number of nitrogen functional groups attached to an aromatic ring is 1. The summed E-state index contributed by atoms with van der Waals surface area (Å²) in [4.78, 5) is 29.7. The standard InChI is InChI=1S/C26H37N5O4/c1-18(32)15-30(16-19(2)33)17-20-7-6-8-21(13-20)25(34)28-24-10-9-22(14-23(24)26(35)29-27)31-11-4-3-5-12-31/h6-10,13-14,18-19,32-33H,3-5,11-12,15-17,27H2,1-2H3,(H,28,34)(H,29,35). The van der Waals surface area contributed by atoms with Gasteiger partial charge in [-0.2, -0.15) is 0 Å². The number of hydrogen-bond acceptors (Lipinski definition) is 7. The molecule has 0 spiro atoms. The molecule has 35 heavy (non-hydrogen) atoms. The molecule has 3 rings (SSSR count). The van der Waals surface area contributed by atoms with Gasteiger partial charge in [0.15, 0.2) is 0 Å². The van der Waals surface area contributed by atoms with Crippen LogP contribution in [0.5, 0.6) is 0 Å². The lowest BCUT2D eigenvalue weighted by atomic mass is 10.1. The van der Waals surface area contributed by atoms with E-state index in [0.717, 1.165) is 37.2 Å². The Morgan fingerprint density at radius 1 is 1.00 bits per heavy atom. The van der Waals surface area contributed by atoms with Crippen molar-refractivity contribution in [3.8, 4) is 0 Å². The van der Waals surface area contributed by atoms with Gasteiger partial charge >= 0.3 is 0 Å². The number of aliphatic hydroxyl groups is 2. The van der Waals surface area contributed by atoms with E-state index >= 15 is 0 Å². The zero-order valence-electron chi connectivity index (χ0n) is 20.5.